The van der Waals surface area contributed by atoms with Gasteiger partial charge in [-0.25, -0.2) is 9.18 Å². The van der Waals surface area contributed by atoms with Crippen molar-refractivity contribution in [3.05, 3.63) is 41.7 Å². The van der Waals surface area contributed by atoms with Crippen molar-refractivity contribution in [2.75, 3.05) is 6.61 Å². The zero-order chi connectivity index (χ0) is 11.4. The molecular formula is C11H11FO2S. The lowest BCUT2D eigenvalue weighted by Gasteiger charge is -2.06. The molecule has 0 amide bonds. The number of benzene rings is 1. The molecule has 0 heterocycles. The molecule has 0 aromatic heterocycles. The van der Waals surface area contributed by atoms with Gasteiger partial charge >= 0.3 is 5.97 Å². The Morgan fingerprint density at radius 2 is 2.27 bits per heavy atom. The minimum atomic E-state index is -0.595. The molecule has 2 nitrogen and oxygen atoms in total. The van der Waals surface area contributed by atoms with E-state index < -0.39 is 11.8 Å². The van der Waals surface area contributed by atoms with Gasteiger partial charge in [-0.2, -0.15) is 0 Å². The topological polar surface area (TPSA) is 26.3 Å². The van der Waals surface area contributed by atoms with Gasteiger partial charge in [0.2, 0.25) is 0 Å². The number of halogens is 1. The smallest absolute Gasteiger partial charge is 0.339 e. The van der Waals surface area contributed by atoms with Crippen LogP contribution in [0.5, 0.6) is 0 Å². The summed E-state index contributed by atoms with van der Waals surface area (Å²) < 4.78 is 17.7. The molecule has 0 unspecified atom stereocenters. The molecule has 1 aromatic rings. The number of ether oxygens (including phenoxy) is 1. The SMILES string of the molecule is C=C(C)COC(=O)c1cc(F)ccc1S. The lowest BCUT2D eigenvalue weighted by Crippen LogP contribution is -2.08. The summed E-state index contributed by atoms with van der Waals surface area (Å²) in [6.45, 7) is 5.45. The van der Waals surface area contributed by atoms with E-state index in [-0.39, 0.29) is 12.2 Å². The van der Waals surface area contributed by atoms with Crippen molar-refractivity contribution >= 4 is 18.6 Å². The van der Waals surface area contributed by atoms with Crippen LogP contribution < -0.4 is 0 Å². The highest BCUT2D eigenvalue weighted by Crippen LogP contribution is 2.16. The van der Waals surface area contributed by atoms with Crippen LogP contribution in [0.2, 0.25) is 0 Å². The van der Waals surface area contributed by atoms with E-state index in [0.717, 1.165) is 11.6 Å². The van der Waals surface area contributed by atoms with Gasteiger partial charge < -0.3 is 4.74 Å². The van der Waals surface area contributed by atoms with E-state index in [1.807, 2.05) is 0 Å². The number of carbonyl (C=O) groups is 1. The highest BCUT2D eigenvalue weighted by Gasteiger charge is 2.11. The van der Waals surface area contributed by atoms with E-state index >= 15 is 0 Å². The van der Waals surface area contributed by atoms with Crippen LogP contribution in [-0.4, -0.2) is 12.6 Å². The van der Waals surface area contributed by atoms with E-state index in [1.165, 1.54) is 12.1 Å². The minimum absolute atomic E-state index is 0.125. The summed E-state index contributed by atoms with van der Waals surface area (Å²) in [4.78, 5) is 11.8. The monoisotopic (exact) mass is 226 g/mol. The zero-order valence-corrected chi connectivity index (χ0v) is 9.18. The molecule has 1 rings (SSSR count). The zero-order valence-electron chi connectivity index (χ0n) is 8.29. The van der Waals surface area contributed by atoms with E-state index in [0.29, 0.717) is 4.90 Å². The Kier molecular flexibility index (Phi) is 3.91. The maximum absolute atomic E-state index is 12.8. The summed E-state index contributed by atoms with van der Waals surface area (Å²) in [5, 5.41) is 0. The summed E-state index contributed by atoms with van der Waals surface area (Å²) >= 11 is 4.04. The molecule has 0 aliphatic rings. The summed E-state index contributed by atoms with van der Waals surface area (Å²) in [6, 6.07) is 3.75. The Bertz CT molecular complexity index is 402. The predicted octanol–water partition coefficient (Wildman–Crippen LogP) is 2.85. The molecule has 0 radical (unpaired) electrons. The fourth-order valence-electron chi connectivity index (χ4n) is 0.938. The van der Waals surface area contributed by atoms with Crippen LogP contribution in [0, 0.1) is 5.82 Å². The van der Waals surface area contributed by atoms with Crippen molar-refractivity contribution < 1.29 is 13.9 Å². The molecular weight excluding hydrogens is 215 g/mol. The molecule has 0 saturated heterocycles. The van der Waals surface area contributed by atoms with E-state index in [1.54, 1.807) is 6.92 Å². The van der Waals surface area contributed by atoms with Crippen LogP contribution in [0.15, 0.2) is 35.2 Å². The van der Waals surface area contributed by atoms with Gasteiger partial charge in [-0.05, 0) is 30.7 Å². The second kappa shape index (κ2) is 4.98. The van der Waals surface area contributed by atoms with Gasteiger partial charge in [0.05, 0.1) is 5.56 Å². The third-order valence-corrected chi connectivity index (χ3v) is 2.02. The van der Waals surface area contributed by atoms with Crippen LogP contribution in [0.4, 0.5) is 4.39 Å². The van der Waals surface area contributed by atoms with E-state index in [2.05, 4.69) is 19.2 Å². The number of thiol groups is 1. The van der Waals surface area contributed by atoms with Gasteiger partial charge in [-0.1, -0.05) is 6.58 Å². The molecule has 0 atom stereocenters. The Balaban J connectivity index is 2.81. The molecule has 0 aliphatic carbocycles. The average molecular weight is 226 g/mol. The number of esters is 1. The van der Waals surface area contributed by atoms with Crippen molar-refractivity contribution in [1.82, 2.24) is 0 Å². The molecule has 0 bridgehead atoms. The number of hydrogen-bond donors (Lipinski definition) is 1. The van der Waals surface area contributed by atoms with Crippen LogP contribution in [0.1, 0.15) is 17.3 Å². The third kappa shape index (κ3) is 3.40. The second-order valence-electron chi connectivity index (χ2n) is 3.19. The molecule has 0 fully saturated rings. The second-order valence-corrected chi connectivity index (χ2v) is 3.68. The van der Waals surface area contributed by atoms with Crippen LogP contribution in [0.25, 0.3) is 0 Å². The van der Waals surface area contributed by atoms with Crippen molar-refractivity contribution in [3.63, 3.8) is 0 Å². The first-order valence-electron chi connectivity index (χ1n) is 4.30. The lowest BCUT2D eigenvalue weighted by molar-refractivity contribution is 0.0536. The first kappa shape index (κ1) is 11.8. The summed E-state index contributed by atoms with van der Waals surface area (Å²) in [6.07, 6.45) is 0. The Morgan fingerprint density at radius 1 is 1.60 bits per heavy atom. The van der Waals surface area contributed by atoms with Gasteiger partial charge in [0.15, 0.2) is 0 Å². The van der Waals surface area contributed by atoms with E-state index in [4.69, 9.17) is 4.74 Å². The fourth-order valence-corrected chi connectivity index (χ4v) is 1.17. The van der Waals surface area contributed by atoms with Crippen LogP contribution in [-0.2, 0) is 4.74 Å². The maximum atomic E-state index is 12.8. The van der Waals surface area contributed by atoms with Gasteiger partial charge in [-0.15, -0.1) is 12.6 Å². The summed E-state index contributed by atoms with van der Waals surface area (Å²) in [5.74, 6) is -1.09. The van der Waals surface area contributed by atoms with Crippen molar-refractivity contribution in [1.29, 1.82) is 0 Å². The standard InChI is InChI=1S/C11H11FO2S/c1-7(2)6-14-11(13)9-5-8(12)3-4-10(9)15/h3-5,15H,1,6H2,2H3. The summed E-state index contributed by atoms with van der Waals surface area (Å²) in [7, 11) is 0. The quantitative estimate of drug-likeness (QED) is 0.487. The molecule has 80 valence electrons. The first-order valence-corrected chi connectivity index (χ1v) is 4.75. The molecule has 1 aromatic carbocycles. The van der Waals surface area contributed by atoms with Gasteiger partial charge in [-0.3, -0.25) is 0 Å². The van der Waals surface area contributed by atoms with Crippen molar-refractivity contribution in [2.24, 2.45) is 0 Å². The van der Waals surface area contributed by atoms with Gasteiger partial charge in [0.25, 0.3) is 0 Å². The number of rotatable bonds is 3. The Hall–Kier alpha value is -1.29. The lowest BCUT2D eigenvalue weighted by atomic mass is 10.2. The Labute approximate surface area is 93.2 Å². The highest BCUT2D eigenvalue weighted by molar-refractivity contribution is 7.80. The largest absolute Gasteiger partial charge is 0.458 e. The minimum Gasteiger partial charge on any atom is -0.458 e. The average Bonchev–Trinajstić information content (AvgIpc) is 2.18. The summed E-state index contributed by atoms with van der Waals surface area (Å²) in [5.41, 5.74) is 0.847. The fraction of sp³-hybridized carbons (Fsp3) is 0.182. The predicted molar refractivity (Wildman–Crippen MR) is 58.7 cm³/mol. The number of carbonyl (C=O) groups excluding carboxylic acids is 1. The van der Waals surface area contributed by atoms with Crippen LogP contribution in [0.3, 0.4) is 0 Å². The van der Waals surface area contributed by atoms with E-state index in [9.17, 15) is 9.18 Å². The van der Waals surface area contributed by atoms with Gasteiger partial charge in [0.1, 0.15) is 12.4 Å². The number of hydrogen-bond acceptors (Lipinski definition) is 3. The van der Waals surface area contributed by atoms with Crippen molar-refractivity contribution in [3.8, 4) is 0 Å². The molecule has 0 N–H and O–H groups in total. The molecule has 4 heteroatoms. The van der Waals surface area contributed by atoms with Crippen LogP contribution >= 0.6 is 12.6 Å². The normalized spacial score (nSPS) is 9.80. The first-order chi connectivity index (χ1) is 7.00. The molecule has 0 spiro atoms. The van der Waals surface area contributed by atoms with Gasteiger partial charge in [0, 0.05) is 4.90 Å². The maximum Gasteiger partial charge on any atom is 0.339 e. The molecule has 0 saturated carbocycles. The Morgan fingerprint density at radius 3 is 2.87 bits per heavy atom. The molecule has 0 aliphatic heterocycles. The third-order valence-electron chi connectivity index (χ3n) is 1.63. The highest BCUT2D eigenvalue weighted by atomic mass is 32.1. The van der Waals surface area contributed by atoms with Crippen molar-refractivity contribution in [2.45, 2.75) is 11.8 Å². The molecule has 15 heavy (non-hydrogen) atoms.